The van der Waals surface area contributed by atoms with Gasteiger partial charge in [0.2, 0.25) is 11.8 Å². The van der Waals surface area contributed by atoms with Crippen molar-refractivity contribution in [3.8, 4) is 11.4 Å². The quantitative estimate of drug-likeness (QED) is 0.632. The number of aliphatic hydroxyl groups excluding tert-OH is 1. The van der Waals surface area contributed by atoms with Crippen molar-refractivity contribution < 1.29 is 19.1 Å². The number of carbonyl (C=O) groups is 2. The molecular formula is C22H31FN6O3. The number of nitrogens with one attached hydrogen (secondary N) is 1. The molecule has 3 rings (SSSR count). The largest absolute Gasteiger partial charge is 0.391 e. The lowest BCUT2D eigenvalue weighted by Gasteiger charge is -2.32. The number of aliphatic hydroxyl groups is 1. The highest BCUT2D eigenvalue weighted by Gasteiger charge is 2.42. The van der Waals surface area contributed by atoms with E-state index in [2.05, 4.69) is 15.4 Å². The van der Waals surface area contributed by atoms with Crippen molar-refractivity contribution in [2.45, 2.75) is 58.3 Å². The maximum Gasteiger partial charge on any atom is 0.243 e. The second-order valence-corrected chi connectivity index (χ2v) is 9.41. The molecule has 0 aromatic carbocycles. The zero-order valence-electron chi connectivity index (χ0n) is 19.0. The van der Waals surface area contributed by atoms with E-state index in [9.17, 15) is 19.1 Å². The number of carbonyl (C=O) groups excluding carboxylic acids is 2. The molecule has 1 aliphatic heterocycles. The Hall–Kier alpha value is -2.85. The summed E-state index contributed by atoms with van der Waals surface area (Å²) in [5.74, 6) is -1.19. The topological polar surface area (TPSA) is 126 Å². The summed E-state index contributed by atoms with van der Waals surface area (Å²) in [6.07, 6.45) is 2.06. The number of β-amino-alcohol motifs (C(OH)–C–C–N with tert-alkyl or cyclic N) is 1. The van der Waals surface area contributed by atoms with Crippen molar-refractivity contribution in [3.05, 3.63) is 35.9 Å². The normalized spacial score (nSPS) is 20.8. The van der Waals surface area contributed by atoms with Gasteiger partial charge in [0.25, 0.3) is 0 Å². The monoisotopic (exact) mass is 446 g/mol. The van der Waals surface area contributed by atoms with E-state index in [4.69, 9.17) is 5.73 Å². The molecule has 1 saturated heterocycles. The molecule has 1 aliphatic rings. The number of amides is 2. The molecule has 3 heterocycles. The molecular weight excluding hydrogens is 415 g/mol. The van der Waals surface area contributed by atoms with Crippen molar-refractivity contribution >= 4 is 11.8 Å². The van der Waals surface area contributed by atoms with Gasteiger partial charge in [-0.3, -0.25) is 19.3 Å². The molecule has 4 N–H and O–H groups in total. The Labute approximate surface area is 186 Å². The third-order valence-electron chi connectivity index (χ3n) is 5.85. The summed E-state index contributed by atoms with van der Waals surface area (Å²) in [6.45, 7) is 7.42. The summed E-state index contributed by atoms with van der Waals surface area (Å²) in [4.78, 5) is 31.5. The van der Waals surface area contributed by atoms with Gasteiger partial charge in [-0.1, -0.05) is 26.8 Å². The van der Waals surface area contributed by atoms with Gasteiger partial charge in [-0.05, 0) is 24.0 Å². The number of nitrogens with zero attached hydrogens (tertiary/aromatic N) is 4. The van der Waals surface area contributed by atoms with Crippen molar-refractivity contribution in [1.29, 1.82) is 0 Å². The number of hydrogen-bond donors (Lipinski definition) is 3. The molecule has 4 atom stereocenters. The molecule has 2 aromatic rings. The number of likely N-dealkylation sites (tertiary alicyclic amines) is 1. The summed E-state index contributed by atoms with van der Waals surface area (Å²) in [7, 11) is 1.63. The molecule has 0 bridgehead atoms. The molecule has 10 heteroatoms. The van der Waals surface area contributed by atoms with Gasteiger partial charge in [0.1, 0.15) is 11.7 Å². The van der Waals surface area contributed by atoms with Crippen LogP contribution in [0.15, 0.2) is 24.5 Å². The number of aryl methyl sites for hydroxylation is 1. The van der Waals surface area contributed by atoms with Crippen LogP contribution in [-0.4, -0.2) is 61.3 Å². The summed E-state index contributed by atoms with van der Waals surface area (Å²) >= 11 is 0. The van der Waals surface area contributed by atoms with Crippen molar-refractivity contribution in [3.63, 3.8) is 0 Å². The summed E-state index contributed by atoms with van der Waals surface area (Å²) in [6, 6.07) is 1.41. The minimum Gasteiger partial charge on any atom is -0.391 e. The second-order valence-electron chi connectivity index (χ2n) is 9.41. The molecule has 1 fully saturated rings. The summed E-state index contributed by atoms with van der Waals surface area (Å²) in [5, 5.41) is 16.9. The van der Waals surface area contributed by atoms with Gasteiger partial charge in [-0.15, -0.1) is 0 Å². The van der Waals surface area contributed by atoms with Crippen LogP contribution >= 0.6 is 0 Å². The average Bonchev–Trinajstić information content (AvgIpc) is 3.28. The number of pyridine rings is 1. The third kappa shape index (κ3) is 4.81. The molecule has 0 radical (unpaired) electrons. The SMILES string of the molecule is C[C@H](NC(=O)[C@@H]1C[C@@H](O)CN1C(=O)[C@@H](N)C(C)(C)C)c1ccc(-c2c(F)cnn2C)nc1. The van der Waals surface area contributed by atoms with Gasteiger partial charge < -0.3 is 21.1 Å². The molecule has 32 heavy (non-hydrogen) atoms. The van der Waals surface area contributed by atoms with Gasteiger partial charge in [-0.2, -0.15) is 5.10 Å². The van der Waals surface area contributed by atoms with Gasteiger partial charge in [0.15, 0.2) is 5.82 Å². The van der Waals surface area contributed by atoms with Crippen molar-refractivity contribution in [2.75, 3.05) is 6.54 Å². The van der Waals surface area contributed by atoms with Crippen LogP contribution in [0.25, 0.3) is 11.4 Å². The Balaban J connectivity index is 1.71. The van der Waals surface area contributed by atoms with Crippen LogP contribution in [0.2, 0.25) is 0 Å². The number of nitrogens with two attached hydrogens (primary N) is 1. The fourth-order valence-corrected chi connectivity index (χ4v) is 3.75. The molecule has 2 amide bonds. The highest BCUT2D eigenvalue weighted by Crippen LogP contribution is 2.26. The van der Waals surface area contributed by atoms with Crippen LogP contribution in [0.5, 0.6) is 0 Å². The lowest BCUT2D eigenvalue weighted by molar-refractivity contribution is -0.141. The molecule has 0 aliphatic carbocycles. The van der Waals surface area contributed by atoms with Crippen LogP contribution in [0.4, 0.5) is 4.39 Å². The predicted molar refractivity (Wildman–Crippen MR) is 117 cm³/mol. The van der Waals surface area contributed by atoms with Crippen LogP contribution < -0.4 is 11.1 Å². The fourth-order valence-electron chi connectivity index (χ4n) is 3.75. The van der Waals surface area contributed by atoms with E-state index in [-0.39, 0.29) is 30.5 Å². The standard InChI is InChI=1S/C22H31FN6O3/c1-12(13-6-7-16(25-9-13)18-15(23)10-26-28(18)5)27-20(31)17-8-14(30)11-29(17)21(32)19(24)22(2,3)4/h6-7,9-10,12,14,17,19,30H,8,11,24H2,1-5H3,(H,27,31)/t12-,14+,17-,19+/m0/s1. The number of halogens is 1. The first kappa shape index (κ1) is 23.8. The highest BCUT2D eigenvalue weighted by atomic mass is 19.1. The lowest BCUT2D eigenvalue weighted by atomic mass is 9.86. The molecule has 9 nitrogen and oxygen atoms in total. The first-order chi connectivity index (χ1) is 14.9. The van der Waals surface area contributed by atoms with Crippen LogP contribution in [0, 0.1) is 11.2 Å². The van der Waals surface area contributed by atoms with E-state index in [1.807, 2.05) is 20.8 Å². The predicted octanol–water partition coefficient (Wildman–Crippen LogP) is 1.13. The van der Waals surface area contributed by atoms with E-state index in [0.29, 0.717) is 11.3 Å². The van der Waals surface area contributed by atoms with E-state index >= 15 is 0 Å². The molecule has 2 aromatic heterocycles. The van der Waals surface area contributed by atoms with Gasteiger partial charge in [0, 0.05) is 26.2 Å². The minimum absolute atomic E-state index is 0.0710. The molecule has 0 unspecified atom stereocenters. The fraction of sp³-hybridized carbons (Fsp3) is 0.545. The Morgan fingerprint density at radius 1 is 1.31 bits per heavy atom. The smallest absolute Gasteiger partial charge is 0.243 e. The maximum absolute atomic E-state index is 13.9. The minimum atomic E-state index is -0.802. The van der Waals surface area contributed by atoms with E-state index in [1.54, 1.807) is 32.3 Å². The number of rotatable bonds is 5. The number of hydrogen-bond acceptors (Lipinski definition) is 6. The van der Waals surface area contributed by atoms with Gasteiger partial charge >= 0.3 is 0 Å². The van der Waals surface area contributed by atoms with E-state index in [0.717, 1.165) is 6.20 Å². The highest BCUT2D eigenvalue weighted by molar-refractivity contribution is 5.91. The number of aromatic nitrogens is 3. The first-order valence-corrected chi connectivity index (χ1v) is 10.6. The Morgan fingerprint density at radius 3 is 2.53 bits per heavy atom. The van der Waals surface area contributed by atoms with Gasteiger partial charge in [0.05, 0.1) is 30.1 Å². The molecule has 0 saturated carbocycles. The molecule has 174 valence electrons. The van der Waals surface area contributed by atoms with Crippen molar-refractivity contribution in [2.24, 2.45) is 18.2 Å². The first-order valence-electron chi connectivity index (χ1n) is 10.6. The van der Waals surface area contributed by atoms with Gasteiger partial charge in [-0.25, -0.2) is 4.39 Å². The second kappa shape index (κ2) is 8.95. The average molecular weight is 447 g/mol. The Kier molecular flexibility index (Phi) is 6.66. The third-order valence-corrected chi connectivity index (χ3v) is 5.85. The van der Waals surface area contributed by atoms with Crippen molar-refractivity contribution in [1.82, 2.24) is 25.0 Å². The summed E-state index contributed by atoms with van der Waals surface area (Å²) in [5.41, 5.74) is 7.05. The van der Waals surface area contributed by atoms with Crippen LogP contribution in [0.1, 0.15) is 45.7 Å². The van der Waals surface area contributed by atoms with Crippen LogP contribution in [-0.2, 0) is 16.6 Å². The molecule has 0 spiro atoms. The van der Waals surface area contributed by atoms with E-state index < -0.39 is 35.5 Å². The Morgan fingerprint density at radius 2 is 2.00 bits per heavy atom. The zero-order chi connectivity index (χ0) is 23.8. The lowest BCUT2D eigenvalue weighted by Crippen LogP contribution is -2.55. The zero-order valence-corrected chi connectivity index (χ0v) is 19.0. The van der Waals surface area contributed by atoms with Crippen LogP contribution in [0.3, 0.4) is 0 Å². The maximum atomic E-state index is 13.9. The van der Waals surface area contributed by atoms with E-state index in [1.165, 1.54) is 9.58 Å². The summed E-state index contributed by atoms with van der Waals surface area (Å²) < 4.78 is 15.3. The Bertz CT molecular complexity index is 965.